The fourth-order valence-electron chi connectivity index (χ4n) is 2.87. The van der Waals surface area contributed by atoms with Gasteiger partial charge in [0.1, 0.15) is 13.1 Å². The van der Waals surface area contributed by atoms with Crippen LogP contribution in [0.15, 0.2) is 12.1 Å². The molecule has 0 unspecified atom stereocenters. The molecule has 0 bridgehead atoms. The van der Waals surface area contributed by atoms with Crippen LogP contribution in [0.25, 0.3) is 0 Å². The van der Waals surface area contributed by atoms with Crippen LogP contribution in [-0.2, 0) is 18.9 Å². The number of carbonyl (C=O) groups excluding carboxylic acids is 2. The molecule has 2 aliphatic heterocycles. The highest BCUT2D eigenvalue weighted by Crippen LogP contribution is 2.34. The summed E-state index contributed by atoms with van der Waals surface area (Å²) in [6, 6.07) is 0. The Hall–Kier alpha value is -1.30. The maximum atomic E-state index is 11.5. The molecule has 0 aliphatic carbocycles. The molecule has 0 aromatic rings. The maximum Gasteiger partial charge on any atom is 0.607 e. The summed E-state index contributed by atoms with van der Waals surface area (Å²) >= 11 is 0. The lowest BCUT2D eigenvalue weighted by atomic mass is 9.68. The predicted molar refractivity (Wildman–Crippen MR) is 71.8 cm³/mol. The van der Waals surface area contributed by atoms with Crippen LogP contribution in [0, 0.1) is 0 Å². The van der Waals surface area contributed by atoms with Crippen molar-refractivity contribution in [3.05, 3.63) is 12.1 Å². The van der Waals surface area contributed by atoms with Gasteiger partial charge in [-0.25, -0.2) is 0 Å². The summed E-state index contributed by atoms with van der Waals surface area (Å²) in [6.45, 7) is 0.654. The van der Waals surface area contributed by atoms with E-state index in [9.17, 15) is 9.59 Å². The summed E-state index contributed by atoms with van der Waals surface area (Å²) in [7, 11) is 1.84. The number of carbonyl (C=O) groups is 2. The van der Waals surface area contributed by atoms with Gasteiger partial charge in [0, 0.05) is 7.05 Å². The lowest BCUT2D eigenvalue weighted by Crippen LogP contribution is -2.58. The summed E-state index contributed by atoms with van der Waals surface area (Å²) in [5, 5.41) is 0. The van der Waals surface area contributed by atoms with Gasteiger partial charge in [-0.3, -0.25) is 9.59 Å². The van der Waals surface area contributed by atoms with Crippen molar-refractivity contribution in [2.24, 2.45) is 0 Å². The molecule has 0 amide bonds. The molecule has 2 heterocycles. The molecule has 0 spiro atoms. The van der Waals surface area contributed by atoms with Crippen LogP contribution in [0.5, 0.6) is 0 Å². The van der Waals surface area contributed by atoms with E-state index in [1.165, 1.54) is 19.3 Å². The first-order chi connectivity index (χ1) is 9.01. The Morgan fingerprint density at radius 1 is 1.16 bits per heavy atom. The lowest BCUT2D eigenvalue weighted by molar-refractivity contribution is -0.791. The van der Waals surface area contributed by atoms with E-state index >= 15 is 0 Å². The molecule has 2 fully saturated rings. The second kappa shape index (κ2) is 5.37. The van der Waals surface area contributed by atoms with Gasteiger partial charge in [-0.2, -0.15) is 0 Å². The third kappa shape index (κ3) is 2.68. The molecule has 2 saturated heterocycles. The largest absolute Gasteiger partial charge is 0.607 e. The average molecular weight is 267 g/mol. The minimum absolute atomic E-state index is 0.214. The maximum absolute atomic E-state index is 11.5. The van der Waals surface area contributed by atoms with Gasteiger partial charge >= 0.3 is 18.6 Å². The van der Waals surface area contributed by atoms with E-state index in [1.54, 1.807) is 0 Å². The van der Waals surface area contributed by atoms with Crippen LogP contribution in [0.4, 0.5) is 0 Å². The van der Waals surface area contributed by atoms with Gasteiger partial charge < -0.3 is 13.7 Å². The van der Waals surface area contributed by atoms with E-state index in [0.717, 1.165) is 12.8 Å². The molecule has 0 aromatic carbocycles. The molecular formula is C13H22BNO4. The zero-order valence-corrected chi connectivity index (χ0v) is 11.8. The third-order valence-electron chi connectivity index (χ3n) is 4.05. The number of fused-ring (bicyclic) bond motifs is 1. The second-order valence-corrected chi connectivity index (χ2v) is 5.78. The Kier molecular flexibility index (Phi) is 3.99. The summed E-state index contributed by atoms with van der Waals surface area (Å²) in [6.07, 6.45) is 7.68. The smallest absolute Gasteiger partial charge is 0.596 e. The summed E-state index contributed by atoms with van der Waals surface area (Å²) in [5.74, 6) is 1.23. The van der Waals surface area contributed by atoms with Crippen LogP contribution in [-0.4, -0.2) is 43.2 Å². The van der Waals surface area contributed by atoms with Crippen LogP contribution < -0.4 is 0 Å². The van der Waals surface area contributed by atoms with E-state index in [-0.39, 0.29) is 29.4 Å². The Labute approximate surface area is 114 Å². The Morgan fingerprint density at radius 3 is 2.37 bits per heavy atom. The number of hydrogen-bond acceptors (Lipinski definition) is 4. The minimum Gasteiger partial charge on any atom is -0.596 e. The van der Waals surface area contributed by atoms with Gasteiger partial charge in [-0.15, -0.1) is 6.08 Å². The fraction of sp³-hybridized carbons (Fsp3) is 0.692. The highest BCUT2D eigenvalue weighted by molar-refractivity contribution is 6.71. The number of hydrogen-bond donors (Lipinski definition) is 0. The number of allylic oxidation sites excluding steroid dienone is 1. The van der Waals surface area contributed by atoms with Crippen molar-refractivity contribution in [3.8, 4) is 0 Å². The Balaban J connectivity index is 1.98. The highest BCUT2D eigenvalue weighted by Gasteiger charge is 2.63. The van der Waals surface area contributed by atoms with Crippen molar-refractivity contribution in [2.45, 2.75) is 39.0 Å². The zero-order chi connectivity index (χ0) is 13.9. The monoisotopic (exact) mass is 267 g/mol. The summed E-state index contributed by atoms with van der Waals surface area (Å²) in [4.78, 5) is 23.0. The van der Waals surface area contributed by atoms with Crippen LogP contribution >= 0.6 is 0 Å². The molecule has 2 rings (SSSR count). The second-order valence-electron chi connectivity index (χ2n) is 5.78. The molecule has 0 aromatic heterocycles. The van der Waals surface area contributed by atoms with Gasteiger partial charge in [-0.1, -0.05) is 32.2 Å². The van der Waals surface area contributed by atoms with Crippen molar-refractivity contribution in [2.75, 3.05) is 20.1 Å². The number of nitrogens with zero attached hydrogens (tertiary/aromatic N) is 1. The van der Waals surface area contributed by atoms with Gasteiger partial charge in [0.05, 0.1) is 0 Å². The van der Waals surface area contributed by atoms with Gasteiger partial charge in [-0.05, 0) is 12.8 Å². The zero-order valence-electron chi connectivity index (χ0n) is 11.8. The highest BCUT2D eigenvalue weighted by atomic mass is 16.7. The standard InChI is InChI=1S/C13H22BNO4/c1-3-4-5-6-7-8-9-14-15(2,10-12(16)18-14)11-13(17)19-14/h8-9H,3-7,10-11H2,1-2H3/b9-8+. The molecule has 0 N–H and O–H groups in total. The average Bonchev–Trinajstić information content (AvgIpc) is 2.67. The molecule has 19 heavy (non-hydrogen) atoms. The van der Waals surface area contributed by atoms with E-state index < -0.39 is 6.69 Å². The quantitative estimate of drug-likeness (QED) is 0.541. The van der Waals surface area contributed by atoms with Crippen molar-refractivity contribution < 1.29 is 23.3 Å². The molecule has 0 radical (unpaired) electrons. The number of rotatable bonds is 6. The SMILES string of the molecule is CCCCCC/C=C/[B-]12OC(=O)C[N+]1(C)CC(=O)O2. The van der Waals surface area contributed by atoms with Crippen molar-refractivity contribution in [1.29, 1.82) is 0 Å². The van der Waals surface area contributed by atoms with Crippen molar-refractivity contribution >= 4 is 18.6 Å². The van der Waals surface area contributed by atoms with E-state index in [1.807, 2.05) is 19.1 Å². The van der Waals surface area contributed by atoms with Gasteiger partial charge in [0.2, 0.25) is 0 Å². The first-order valence-corrected chi connectivity index (χ1v) is 7.11. The fourth-order valence-corrected chi connectivity index (χ4v) is 2.87. The van der Waals surface area contributed by atoms with E-state index in [2.05, 4.69) is 6.92 Å². The van der Waals surface area contributed by atoms with Crippen LogP contribution in [0.1, 0.15) is 39.0 Å². The molecule has 2 aliphatic rings. The molecular weight excluding hydrogens is 245 g/mol. The van der Waals surface area contributed by atoms with E-state index in [0.29, 0.717) is 0 Å². The third-order valence-corrected chi connectivity index (χ3v) is 4.05. The van der Waals surface area contributed by atoms with E-state index in [4.69, 9.17) is 9.31 Å². The lowest BCUT2D eigenvalue weighted by Gasteiger charge is -2.37. The first kappa shape index (κ1) is 14.1. The predicted octanol–water partition coefficient (Wildman–Crippen LogP) is 1.55. The molecule has 6 heteroatoms. The molecule has 106 valence electrons. The molecule has 0 saturated carbocycles. The number of quaternary nitrogens is 1. The Morgan fingerprint density at radius 2 is 1.79 bits per heavy atom. The summed E-state index contributed by atoms with van der Waals surface area (Å²) in [5.41, 5.74) is 0. The Bertz CT molecular complexity index is 387. The topological polar surface area (TPSA) is 52.6 Å². The van der Waals surface area contributed by atoms with Crippen LogP contribution in [0.2, 0.25) is 0 Å². The van der Waals surface area contributed by atoms with Gasteiger partial charge in [0.15, 0.2) is 0 Å². The summed E-state index contributed by atoms with van der Waals surface area (Å²) < 4.78 is 10.9. The minimum atomic E-state index is -1.95. The van der Waals surface area contributed by atoms with Crippen LogP contribution in [0.3, 0.4) is 0 Å². The molecule has 0 atom stereocenters. The molecule has 5 nitrogen and oxygen atoms in total. The normalized spacial score (nSPS) is 33.6. The number of unbranched alkanes of at least 4 members (excludes halogenated alkanes) is 4. The first-order valence-electron chi connectivity index (χ1n) is 7.11. The number of likely N-dealkylation sites (N-methyl/N-ethyl adjacent to an activating group) is 1. The van der Waals surface area contributed by atoms with Crippen molar-refractivity contribution in [3.63, 3.8) is 0 Å². The van der Waals surface area contributed by atoms with Gasteiger partial charge in [0.25, 0.3) is 0 Å². The van der Waals surface area contributed by atoms with Crippen molar-refractivity contribution in [1.82, 2.24) is 0 Å².